The van der Waals surface area contributed by atoms with Crippen molar-refractivity contribution in [2.24, 2.45) is 0 Å². The standard InChI is InChI=1S/C11H10O5/c12-9(13)6-7-10(14)16-11(15)8-4-2-1-3-5-8/h1-7,11,15H,(H,12,13)/b7-6-. The maximum Gasteiger partial charge on any atom is 0.333 e. The van der Waals surface area contributed by atoms with Crippen LogP contribution in [0.25, 0.3) is 0 Å². The Bertz CT molecular complexity index is 396. The first-order valence-electron chi connectivity index (χ1n) is 4.44. The van der Waals surface area contributed by atoms with E-state index in [0.717, 1.165) is 6.08 Å². The Balaban J connectivity index is 2.55. The molecule has 1 unspecified atom stereocenters. The van der Waals surface area contributed by atoms with Crippen LogP contribution in [-0.4, -0.2) is 22.2 Å². The molecular weight excluding hydrogens is 212 g/mol. The summed E-state index contributed by atoms with van der Waals surface area (Å²) in [6.07, 6.45) is -0.0266. The van der Waals surface area contributed by atoms with Crippen LogP contribution in [-0.2, 0) is 14.3 Å². The molecule has 2 N–H and O–H groups in total. The van der Waals surface area contributed by atoms with E-state index in [4.69, 9.17) is 5.11 Å². The molecule has 84 valence electrons. The number of hydrogen-bond acceptors (Lipinski definition) is 4. The lowest BCUT2D eigenvalue weighted by molar-refractivity contribution is -0.163. The highest BCUT2D eigenvalue weighted by atomic mass is 16.6. The molecule has 0 heterocycles. The van der Waals surface area contributed by atoms with Crippen molar-refractivity contribution in [3.8, 4) is 0 Å². The Morgan fingerprint density at radius 1 is 1.19 bits per heavy atom. The minimum Gasteiger partial charge on any atom is -0.478 e. The zero-order valence-corrected chi connectivity index (χ0v) is 8.24. The average molecular weight is 222 g/mol. The minimum absolute atomic E-state index is 0.416. The van der Waals surface area contributed by atoms with E-state index in [1.807, 2.05) is 0 Å². The Morgan fingerprint density at radius 3 is 2.38 bits per heavy atom. The highest BCUT2D eigenvalue weighted by Gasteiger charge is 2.10. The molecule has 1 aromatic rings. The first-order valence-corrected chi connectivity index (χ1v) is 4.44. The van der Waals surface area contributed by atoms with E-state index in [9.17, 15) is 14.7 Å². The number of benzene rings is 1. The van der Waals surface area contributed by atoms with Gasteiger partial charge in [-0.05, 0) is 0 Å². The average Bonchev–Trinajstić information content (AvgIpc) is 2.27. The predicted octanol–water partition coefficient (Wildman–Crippen LogP) is 0.862. The van der Waals surface area contributed by atoms with Crippen LogP contribution in [0.1, 0.15) is 11.9 Å². The topological polar surface area (TPSA) is 83.8 Å². The zero-order chi connectivity index (χ0) is 12.0. The lowest BCUT2D eigenvalue weighted by atomic mass is 10.2. The third-order valence-corrected chi connectivity index (χ3v) is 1.67. The van der Waals surface area contributed by atoms with E-state index in [2.05, 4.69) is 4.74 Å². The summed E-state index contributed by atoms with van der Waals surface area (Å²) in [6, 6.07) is 8.28. The molecule has 0 fully saturated rings. The highest BCUT2D eigenvalue weighted by Crippen LogP contribution is 2.13. The third-order valence-electron chi connectivity index (χ3n) is 1.67. The summed E-state index contributed by atoms with van der Waals surface area (Å²) >= 11 is 0. The molecule has 1 aromatic carbocycles. The number of esters is 1. The van der Waals surface area contributed by atoms with Crippen LogP contribution in [0, 0.1) is 0 Å². The summed E-state index contributed by atoms with van der Waals surface area (Å²) in [5, 5.41) is 17.7. The van der Waals surface area contributed by atoms with E-state index in [1.54, 1.807) is 30.3 Å². The van der Waals surface area contributed by atoms with Crippen LogP contribution >= 0.6 is 0 Å². The summed E-state index contributed by atoms with van der Waals surface area (Å²) < 4.78 is 4.55. The minimum atomic E-state index is -1.40. The number of carboxylic acids is 1. The van der Waals surface area contributed by atoms with Crippen LogP contribution in [0.3, 0.4) is 0 Å². The van der Waals surface area contributed by atoms with Crippen LogP contribution in [0.4, 0.5) is 0 Å². The van der Waals surface area contributed by atoms with Crippen LogP contribution in [0.5, 0.6) is 0 Å². The number of aliphatic carboxylic acids is 1. The van der Waals surface area contributed by atoms with Gasteiger partial charge in [0.25, 0.3) is 0 Å². The number of carboxylic acid groups (broad SMARTS) is 1. The lowest BCUT2D eigenvalue weighted by Crippen LogP contribution is -2.08. The fourth-order valence-electron chi connectivity index (χ4n) is 0.974. The first kappa shape index (κ1) is 11.9. The van der Waals surface area contributed by atoms with Crippen molar-refractivity contribution in [3.63, 3.8) is 0 Å². The molecule has 5 heteroatoms. The number of carbonyl (C=O) groups is 2. The van der Waals surface area contributed by atoms with E-state index in [0.29, 0.717) is 11.6 Å². The molecule has 0 amide bonds. The molecule has 1 atom stereocenters. The third kappa shape index (κ3) is 3.93. The Hall–Kier alpha value is -2.14. The second-order valence-electron chi connectivity index (χ2n) is 2.87. The second-order valence-corrected chi connectivity index (χ2v) is 2.87. The fraction of sp³-hybridized carbons (Fsp3) is 0.0909. The van der Waals surface area contributed by atoms with Gasteiger partial charge in [0.1, 0.15) is 0 Å². The normalized spacial score (nSPS) is 12.3. The van der Waals surface area contributed by atoms with Gasteiger partial charge in [-0.2, -0.15) is 0 Å². The Morgan fingerprint density at radius 2 is 1.81 bits per heavy atom. The van der Waals surface area contributed by atoms with Crippen LogP contribution < -0.4 is 0 Å². The molecule has 0 aliphatic rings. The van der Waals surface area contributed by atoms with Crippen molar-refractivity contribution >= 4 is 11.9 Å². The summed E-state index contributed by atoms with van der Waals surface area (Å²) in [6.45, 7) is 0. The molecule has 1 rings (SSSR count). The number of carbonyl (C=O) groups excluding carboxylic acids is 1. The maximum atomic E-state index is 11.0. The Labute approximate surface area is 91.6 Å². The van der Waals surface area contributed by atoms with Crippen molar-refractivity contribution < 1.29 is 24.5 Å². The molecule has 0 aromatic heterocycles. The number of rotatable bonds is 4. The smallest absolute Gasteiger partial charge is 0.333 e. The molecule has 0 aliphatic carbocycles. The van der Waals surface area contributed by atoms with Crippen molar-refractivity contribution in [2.75, 3.05) is 0 Å². The zero-order valence-electron chi connectivity index (χ0n) is 8.24. The summed E-state index contributed by atoms with van der Waals surface area (Å²) in [4.78, 5) is 21.1. The SMILES string of the molecule is O=C(O)/C=C\C(=O)OC(O)c1ccccc1. The summed E-state index contributed by atoms with van der Waals surface area (Å²) in [7, 11) is 0. The van der Waals surface area contributed by atoms with Gasteiger partial charge in [0.05, 0.1) is 0 Å². The van der Waals surface area contributed by atoms with Gasteiger partial charge < -0.3 is 14.9 Å². The van der Waals surface area contributed by atoms with Gasteiger partial charge in [0, 0.05) is 17.7 Å². The molecule has 0 saturated carbocycles. The number of aliphatic hydroxyl groups is 1. The fourth-order valence-corrected chi connectivity index (χ4v) is 0.974. The molecule has 0 bridgehead atoms. The van der Waals surface area contributed by atoms with Crippen LogP contribution in [0.2, 0.25) is 0 Å². The van der Waals surface area contributed by atoms with E-state index >= 15 is 0 Å². The Kier molecular flexibility index (Phi) is 4.23. The van der Waals surface area contributed by atoms with Gasteiger partial charge in [0.2, 0.25) is 6.29 Å². The van der Waals surface area contributed by atoms with Gasteiger partial charge in [-0.25, -0.2) is 9.59 Å². The van der Waals surface area contributed by atoms with E-state index in [-0.39, 0.29) is 0 Å². The molecule has 0 spiro atoms. The van der Waals surface area contributed by atoms with Gasteiger partial charge in [-0.15, -0.1) is 0 Å². The van der Waals surface area contributed by atoms with Crippen molar-refractivity contribution in [2.45, 2.75) is 6.29 Å². The highest BCUT2D eigenvalue weighted by molar-refractivity contribution is 5.90. The van der Waals surface area contributed by atoms with Crippen molar-refractivity contribution in [1.82, 2.24) is 0 Å². The quantitative estimate of drug-likeness (QED) is 0.448. The van der Waals surface area contributed by atoms with Gasteiger partial charge in [-0.1, -0.05) is 30.3 Å². The molecule has 5 nitrogen and oxygen atoms in total. The first-order chi connectivity index (χ1) is 7.59. The number of ether oxygens (including phenoxy) is 1. The maximum absolute atomic E-state index is 11.0. The van der Waals surface area contributed by atoms with E-state index in [1.165, 1.54) is 0 Å². The largest absolute Gasteiger partial charge is 0.478 e. The molecule has 16 heavy (non-hydrogen) atoms. The van der Waals surface area contributed by atoms with E-state index < -0.39 is 18.2 Å². The van der Waals surface area contributed by atoms with Crippen molar-refractivity contribution in [3.05, 3.63) is 48.0 Å². The van der Waals surface area contributed by atoms with Gasteiger partial charge in [-0.3, -0.25) is 0 Å². The molecular formula is C11H10O5. The van der Waals surface area contributed by atoms with Gasteiger partial charge in [0.15, 0.2) is 0 Å². The van der Waals surface area contributed by atoms with Gasteiger partial charge >= 0.3 is 11.9 Å². The summed E-state index contributed by atoms with van der Waals surface area (Å²) in [5.74, 6) is -2.18. The molecule has 0 aliphatic heterocycles. The molecule has 0 radical (unpaired) electrons. The number of aliphatic hydroxyl groups excluding tert-OH is 1. The summed E-state index contributed by atoms with van der Waals surface area (Å²) in [5.41, 5.74) is 0.416. The molecule has 0 saturated heterocycles. The number of hydrogen-bond donors (Lipinski definition) is 2. The monoisotopic (exact) mass is 222 g/mol. The second kappa shape index (κ2) is 5.67. The van der Waals surface area contributed by atoms with Crippen LogP contribution in [0.15, 0.2) is 42.5 Å². The predicted molar refractivity (Wildman–Crippen MR) is 54.3 cm³/mol. The van der Waals surface area contributed by atoms with Crippen molar-refractivity contribution in [1.29, 1.82) is 0 Å². The lowest BCUT2D eigenvalue weighted by Gasteiger charge is -2.10.